The molecule has 1 atom stereocenters. The fraction of sp³-hybridized carbons (Fsp3) is 0.214. The van der Waals surface area contributed by atoms with Crippen LogP contribution < -0.4 is 0 Å². The first-order valence-electron chi connectivity index (χ1n) is 5.57. The Balaban J connectivity index is 2.31. The van der Waals surface area contributed by atoms with Crippen molar-refractivity contribution in [1.29, 1.82) is 0 Å². The molecule has 0 radical (unpaired) electrons. The number of aryl methyl sites for hydroxylation is 2. The topological polar surface area (TPSA) is 70.7 Å². The number of carboxylic acid groups (broad SMARTS) is 1. The Labute approximate surface area is 104 Å². The van der Waals surface area contributed by atoms with Gasteiger partial charge in [0.25, 0.3) is 0 Å². The van der Waals surface area contributed by atoms with Gasteiger partial charge in [0.2, 0.25) is 5.76 Å². The van der Waals surface area contributed by atoms with Gasteiger partial charge in [0.05, 0.1) is 0 Å². The van der Waals surface area contributed by atoms with Gasteiger partial charge in [-0.1, -0.05) is 18.2 Å². The lowest BCUT2D eigenvalue weighted by Crippen LogP contribution is -1.99. The van der Waals surface area contributed by atoms with Crippen molar-refractivity contribution >= 4 is 5.97 Å². The molecule has 0 saturated heterocycles. The summed E-state index contributed by atoms with van der Waals surface area (Å²) >= 11 is 0. The van der Waals surface area contributed by atoms with Crippen LogP contribution in [-0.4, -0.2) is 16.2 Å². The average Bonchev–Trinajstić information content (AvgIpc) is 2.81. The van der Waals surface area contributed by atoms with E-state index in [1.54, 1.807) is 6.07 Å². The van der Waals surface area contributed by atoms with E-state index >= 15 is 0 Å². The molecule has 4 nitrogen and oxygen atoms in total. The maximum Gasteiger partial charge on any atom is 0.371 e. The molecule has 0 fully saturated rings. The second-order valence-corrected chi connectivity index (χ2v) is 4.25. The van der Waals surface area contributed by atoms with E-state index in [-0.39, 0.29) is 11.5 Å². The summed E-state index contributed by atoms with van der Waals surface area (Å²) in [4.78, 5) is 10.7. The van der Waals surface area contributed by atoms with Crippen molar-refractivity contribution in [2.45, 2.75) is 20.0 Å². The third kappa shape index (κ3) is 2.28. The number of rotatable bonds is 3. The molecule has 1 heterocycles. The van der Waals surface area contributed by atoms with E-state index in [0.29, 0.717) is 5.56 Å². The van der Waals surface area contributed by atoms with E-state index < -0.39 is 12.1 Å². The van der Waals surface area contributed by atoms with Gasteiger partial charge in [-0.3, -0.25) is 0 Å². The molecule has 2 rings (SSSR count). The Morgan fingerprint density at radius 2 is 1.89 bits per heavy atom. The predicted octanol–water partition coefficient (Wildman–Crippen LogP) is 2.68. The molecule has 18 heavy (non-hydrogen) atoms. The zero-order valence-electron chi connectivity index (χ0n) is 10.2. The summed E-state index contributed by atoms with van der Waals surface area (Å²) in [6.45, 7) is 3.94. The SMILES string of the molecule is Cc1ccc(C(O)c2ccc(C(=O)O)o2)cc1C. The van der Waals surface area contributed by atoms with Gasteiger partial charge in [0.15, 0.2) is 0 Å². The number of furan rings is 1. The number of benzene rings is 1. The molecule has 1 aromatic heterocycles. The second kappa shape index (κ2) is 4.66. The monoisotopic (exact) mass is 246 g/mol. The molecule has 0 amide bonds. The summed E-state index contributed by atoms with van der Waals surface area (Å²) < 4.78 is 5.08. The Kier molecular flexibility index (Phi) is 3.21. The molecule has 0 bridgehead atoms. The number of aromatic carboxylic acids is 1. The summed E-state index contributed by atoms with van der Waals surface area (Å²) in [6, 6.07) is 8.39. The van der Waals surface area contributed by atoms with E-state index in [1.807, 2.05) is 26.0 Å². The van der Waals surface area contributed by atoms with Gasteiger partial charge < -0.3 is 14.6 Å². The molecule has 0 aliphatic rings. The number of carboxylic acids is 1. The summed E-state index contributed by atoms with van der Waals surface area (Å²) in [5, 5.41) is 18.9. The lowest BCUT2D eigenvalue weighted by atomic mass is 10.0. The predicted molar refractivity (Wildman–Crippen MR) is 65.6 cm³/mol. The first-order valence-corrected chi connectivity index (χ1v) is 5.57. The zero-order valence-corrected chi connectivity index (χ0v) is 10.2. The highest BCUT2D eigenvalue weighted by Gasteiger charge is 2.17. The smallest absolute Gasteiger partial charge is 0.371 e. The van der Waals surface area contributed by atoms with E-state index in [2.05, 4.69) is 0 Å². The minimum absolute atomic E-state index is 0.173. The molecule has 0 aliphatic carbocycles. The van der Waals surface area contributed by atoms with Crippen molar-refractivity contribution < 1.29 is 19.4 Å². The summed E-state index contributed by atoms with van der Waals surface area (Å²) in [5.74, 6) is -1.09. The quantitative estimate of drug-likeness (QED) is 0.873. The van der Waals surface area contributed by atoms with Crippen molar-refractivity contribution in [1.82, 2.24) is 0 Å². The minimum atomic E-state index is -1.14. The number of aliphatic hydroxyl groups excluding tert-OH is 1. The minimum Gasteiger partial charge on any atom is -0.475 e. The van der Waals surface area contributed by atoms with Crippen LogP contribution in [0.1, 0.15) is 39.1 Å². The summed E-state index contributed by atoms with van der Waals surface area (Å²) in [5.41, 5.74) is 2.89. The maximum atomic E-state index is 10.7. The number of hydrogen-bond donors (Lipinski definition) is 2. The first-order chi connectivity index (χ1) is 8.49. The number of aliphatic hydroxyl groups is 1. The molecule has 0 saturated carbocycles. The van der Waals surface area contributed by atoms with Crippen molar-refractivity contribution in [3.05, 3.63) is 58.5 Å². The summed E-state index contributed by atoms with van der Waals surface area (Å²) in [7, 11) is 0. The lowest BCUT2D eigenvalue weighted by molar-refractivity contribution is 0.0655. The van der Waals surface area contributed by atoms with Crippen LogP contribution in [0.3, 0.4) is 0 Å². The van der Waals surface area contributed by atoms with Crippen LogP contribution in [0, 0.1) is 13.8 Å². The van der Waals surface area contributed by atoms with Gasteiger partial charge in [-0.25, -0.2) is 4.79 Å². The van der Waals surface area contributed by atoms with Crippen LogP contribution in [0.4, 0.5) is 0 Å². The molecule has 1 aromatic carbocycles. The highest BCUT2D eigenvalue weighted by molar-refractivity contribution is 5.84. The normalized spacial score (nSPS) is 12.4. The van der Waals surface area contributed by atoms with E-state index in [9.17, 15) is 9.90 Å². The van der Waals surface area contributed by atoms with Crippen molar-refractivity contribution in [3.63, 3.8) is 0 Å². The fourth-order valence-electron chi connectivity index (χ4n) is 1.71. The second-order valence-electron chi connectivity index (χ2n) is 4.25. The Hall–Kier alpha value is -2.07. The highest BCUT2D eigenvalue weighted by Crippen LogP contribution is 2.25. The van der Waals surface area contributed by atoms with Crippen LogP contribution >= 0.6 is 0 Å². The van der Waals surface area contributed by atoms with E-state index in [4.69, 9.17) is 9.52 Å². The van der Waals surface area contributed by atoms with Crippen LogP contribution in [-0.2, 0) is 0 Å². The maximum absolute atomic E-state index is 10.7. The van der Waals surface area contributed by atoms with Crippen LogP contribution in [0.2, 0.25) is 0 Å². The number of carbonyl (C=O) groups is 1. The molecule has 0 spiro atoms. The molecular formula is C14H14O4. The lowest BCUT2D eigenvalue weighted by Gasteiger charge is -2.10. The Morgan fingerprint density at radius 1 is 1.17 bits per heavy atom. The average molecular weight is 246 g/mol. The molecule has 2 aromatic rings. The van der Waals surface area contributed by atoms with Crippen molar-refractivity contribution in [3.8, 4) is 0 Å². The highest BCUT2D eigenvalue weighted by atomic mass is 16.4. The Bertz CT molecular complexity index is 583. The third-order valence-corrected chi connectivity index (χ3v) is 2.95. The van der Waals surface area contributed by atoms with Gasteiger partial charge in [-0.15, -0.1) is 0 Å². The molecule has 0 aliphatic heterocycles. The van der Waals surface area contributed by atoms with Crippen LogP contribution in [0.15, 0.2) is 34.7 Å². The van der Waals surface area contributed by atoms with Gasteiger partial charge >= 0.3 is 5.97 Å². The first kappa shape index (κ1) is 12.4. The van der Waals surface area contributed by atoms with Gasteiger partial charge in [0.1, 0.15) is 11.9 Å². The van der Waals surface area contributed by atoms with Crippen molar-refractivity contribution in [2.75, 3.05) is 0 Å². The number of hydrogen-bond acceptors (Lipinski definition) is 3. The van der Waals surface area contributed by atoms with Gasteiger partial charge in [0, 0.05) is 0 Å². The van der Waals surface area contributed by atoms with Crippen LogP contribution in [0.5, 0.6) is 0 Å². The molecule has 4 heteroatoms. The molecule has 2 N–H and O–H groups in total. The molecule has 94 valence electrons. The van der Waals surface area contributed by atoms with Gasteiger partial charge in [-0.2, -0.15) is 0 Å². The third-order valence-electron chi connectivity index (χ3n) is 2.95. The zero-order chi connectivity index (χ0) is 13.3. The summed E-state index contributed by atoms with van der Waals surface area (Å²) in [6.07, 6.45) is -0.947. The molecule has 1 unspecified atom stereocenters. The molecular weight excluding hydrogens is 232 g/mol. The standard InChI is InChI=1S/C14H14O4/c1-8-3-4-10(7-9(8)2)13(15)11-5-6-12(18-11)14(16)17/h3-7,13,15H,1-2H3,(H,16,17). The van der Waals surface area contributed by atoms with Crippen molar-refractivity contribution in [2.24, 2.45) is 0 Å². The fourth-order valence-corrected chi connectivity index (χ4v) is 1.71. The van der Waals surface area contributed by atoms with E-state index in [1.165, 1.54) is 12.1 Å². The Morgan fingerprint density at radius 3 is 2.44 bits per heavy atom. The van der Waals surface area contributed by atoms with Crippen LogP contribution in [0.25, 0.3) is 0 Å². The largest absolute Gasteiger partial charge is 0.475 e. The van der Waals surface area contributed by atoms with Gasteiger partial charge in [-0.05, 0) is 42.7 Å². The van der Waals surface area contributed by atoms with E-state index in [0.717, 1.165) is 11.1 Å².